The molecule has 1 aliphatic heterocycles. The number of benzene rings is 2. The first-order chi connectivity index (χ1) is 15.1. The fraction of sp³-hybridized carbons (Fsp3) is 0.350. The Morgan fingerprint density at radius 2 is 1.44 bits per heavy atom. The van der Waals surface area contributed by atoms with E-state index in [2.05, 4.69) is 4.72 Å². The summed E-state index contributed by atoms with van der Waals surface area (Å²) in [4.78, 5) is 11.7. The number of hydrogen-bond donors (Lipinski definition) is 2. The van der Waals surface area contributed by atoms with E-state index in [0.29, 0.717) is 13.1 Å². The molecule has 0 aliphatic carbocycles. The molecule has 12 heteroatoms. The van der Waals surface area contributed by atoms with E-state index in [4.69, 9.17) is 15.2 Å². The number of piperidine rings is 1. The molecule has 174 valence electrons. The van der Waals surface area contributed by atoms with Crippen LogP contribution in [-0.4, -0.2) is 54.4 Å². The molecule has 2 aromatic rings. The van der Waals surface area contributed by atoms with Crippen molar-refractivity contribution in [2.24, 2.45) is 5.73 Å². The van der Waals surface area contributed by atoms with E-state index >= 15 is 0 Å². The average molecular weight is 484 g/mol. The van der Waals surface area contributed by atoms with Gasteiger partial charge < -0.3 is 15.2 Å². The summed E-state index contributed by atoms with van der Waals surface area (Å²) in [5.41, 5.74) is 5.17. The summed E-state index contributed by atoms with van der Waals surface area (Å²) in [6.07, 6.45) is 2.57. The first-order valence-corrected chi connectivity index (χ1v) is 12.7. The predicted molar refractivity (Wildman–Crippen MR) is 118 cm³/mol. The van der Waals surface area contributed by atoms with E-state index in [0.717, 1.165) is 19.3 Å². The molecule has 10 nitrogen and oxygen atoms in total. The number of anilines is 1. The lowest BCUT2D eigenvalue weighted by atomic mass is 10.1. The van der Waals surface area contributed by atoms with E-state index in [9.17, 15) is 21.6 Å². The van der Waals surface area contributed by atoms with Gasteiger partial charge in [0, 0.05) is 19.2 Å². The van der Waals surface area contributed by atoms with Crippen molar-refractivity contribution < 1.29 is 31.1 Å². The van der Waals surface area contributed by atoms with E-state index in [1.807, 2.05) is 0 Å². The highest BCUT2D eigenvalue weighted by Gasteiger charge is 2.27. The van der Waals surface area contributed by atoms with Gasteiger partial charge in [0.05, 0.1) is 35.3 Å². The monoisotopic (exact) mass is 483 g/mol. The molecule has 3 N–H and O–H groups in total. The number of nitrogens with zero attached hydrogens (tertiary/aromatic N) is 1. The fourth-order valence-corrected chi connectivity index (χ4v) is 6.00. The van der Waals surface area contributed by atoms with Crippen molar-refractivity contribution in [2.75, 3.05) is 32.0 Å². The zero-order valence-corrected chi connectivity index (χ0v) is 19.3. The maximum Gasteiger partial charge on any atom is 0.261 e. The van der Waals surface area contributed by atoms with Crippen LogP contribution in [0.4, 0.5) is 5.69 Å². The molecular formula is C20H25N3O7S2. The first-order valence-electron chi connectivity index (χ1n) is 9.79. The lowest BCUT2D eigenvalue weighted by molar-refractivity contribution is 0.100. The van der Waals surface area contributed by atoms with Crippen LogP contribution < -0.4 is 19.9 Å². The molecule has 2 aromatic carbocycles. The van der Waals surface area contributed by atoms with Crippen molar-refractivity contribution in [3.63, 3.8) is 0 Å². The minimum Gasteiger partial charge on any atom is -0.493 e. The Bertz CT molecular complexity index is 1200. The van der Waals surface area contributed by atoms with Gasteiger partial charge in [-0.25, -0.2) is 16.8 Å². The number of primary amides is 1. The van der Waals surface area contributed by atoms with Crippen molar-refractivity contribution >= 4 is 31.6 Å². The number of sulfonamides is 2. The normalized spacial score (nSPS) is 15.2. The Balaban J connectivity index is 1.91. The summed E-state index contributed by atoms with van der Waals surface area (Å²) in [5.74, 6) is -0.471. The number of amides is 1. The standard InChI is InChI=1S/C20H25N3O7S2/c1-29-18-12-16(20(21)24)17(13-19(18)30-2)22-31(25,26)14-6-8-15(9-7-14)32(27,28)23-10-4-3-5-11-23/h6-9,12-13,22H,3-5,10-11H2,1-2H3,(H2,21,24). The number of carbonyl (C=O) groups excluding carboxylic acids is 1. The highest BCUT2D eigenvalue weighted by molar-refractivity contribution is 7.92. The molecule has 1 amide bonds. The number of nitrogens with two attached hydrogens (primary N) is 1. The molecule has 0 aromatic heterocycles. The topological polar surface area (TPSA) is 145 Å². The van der Waals surface area contributed by atoms with E-state index in [-0.39, 0.29) is 32.5 Å². The SMILES string of the molecule is COc1cc(NS(=O)(=O)c2ccc(S(=O)(=O)N3CCCCC3)cc2)c(C(N)=O)cc1OC. The number of nitrogens with one attached hydrogen (secondary N) is 1. The van der Waals surface area contributed by atoms with Gasteiger partial charge in [-0.15, -0.1) is 0 Å². The number of methoxy groups -OCH3 is 2. The highest BCUT2D eigenvalue weighted by atomic mass is 32.2. The van der Waals surface area contributed by atoms with Gasteiger partial charge in [-0.3, -0.25) is 9.52 Å². The van der Waals surface area contributed by atoms with Crippen molar-refractivity contribution in [1.29, 1.82) is 0 Å². The Labute approximate surface area is 187 Å². The fourth-order valence-electron chi connectivity index (χ4n) is 3.42. The number of hydrogen-bond acceptors (Lipinski definition) is 7. The third-order valence-electron chi connectivity index (χ3n) is 5.12. The maximum atomic E-state index is 12.9. The molecule has 1 heterocycles. The number of carbonyl (C=O) groups is 1. The van der Waals surface area contributed by atoms with Crippen LogP contribution in [0.25, 0.3) is 0 Å². The summed E-state index contributed by atoms with van der Waals surface area (Å²) in [6, 6.07) is 7.46. The third kappa shape index (κ3) is 4.81. The van der Waals surface area contributed by atoms with Crippen LogP contribution in [0.15, 0.2) is 46.2 Å². The lowest BCUT2D eigenvalue weighted by Gasteiger charge is -2.25. The Morgan fingerprint density at radius 1 is 0.906 bits per heavy atom. The lowest BCUT2D eigenvalue weighted by Crippen LogP contribution is -2.35. The molecule has 0 atom stereocenters. The molecule has 3 rings (SSSR count). The Morgan fingerprint density at radius 3 is 1.97 bits per heavy atom. The Kier molecular flexibility index (Phi) is 6.96. The van der Waals surface area contributed by atoms with Gasteiger partial charge in [0.15, 0.2) is 11.5 Å². The summed E-state index contributed by atoms with van der Waals surface area (Å²) in [5, 5.41) is 0. The second-order valence-corrected chi connectivity index (χ2v) is 10.8. The van der Waals surface area contributed by atoms with Crippen LogP contribution in [-0.2, 0) is 20.0 Å². The average Bonchev–Trinajstić information content (AvgIpc) is 2.79. The van der Waals surface area contributed by atoms with Crippen molar-refractivity contribution in [1.82, 2.24) is 4.31 Å². The molecule has 1 aliphatic rings. The van der Waals surface area contributed by atoms with Crippen molar-refractivity contribution in [3.05, 3.63) is 42.0 Å². The predicted octanol–water partition coefficient (Wildman–Crippen LogP) is 1.78. The quantitative estimate of drug-likeness (QED) is 0.582. The Hall–Kier alpha value is -2.83. The maximum absolute atomic E-state index is 12.9. The number of ether oxygens (including phenoxy) is 2. The van der Waals surface area contributed by atoms with Crippen LogP contribution >= 0.6 is 0 Å². The molecule has 0 radical (unpaired) electrons. The molecule has 0 unspecified atom stereocenters. The minimum atomic E-state index is -4.16. The molecule has 0 spiro atoms. The molecular weight excluding hydrogens is 458 g/mol. The first kappa shape index (κ1) is 23.8. The van der Waals surface area contributed by atoms with Crippen LogP contribution in [0.5, 0.6) is 11.5 Å². The molecule has 0 bridgehead atoms. The van der Waals surface area contributed by atoms with Crippen LogP contribution in [0.1, 0.15) is 29.6 Å². The van der Waals surface area contributed by atoms with Crippen LogP contribution in [0.3, 0.4) is 0 Å². The van der Waals surface area contributed by atoms with Gasteiger partial charge in [0.25, 0.3) is 15.9 Å². The summed E-state index contributed by atoms with van der Waals surface area (Å²) in [6.45, 7) is 0.887. The van der Waals surface area contributed by atoms with Crippen molar-refractivity contribution in [2.45, 2.75) is 29.1 Å². The van der Waals surface area contributed by atoms with Gasteiger partial charge in [0.1, 0.15) is 0 Å². The van der Waals surface area contributed by atoms with Gasteiger partial charge in [-0.2, -0.15) is 4.31 Å². The largest absolute Gasteiger partial charge is 0.493 e. The zero-order valence-electron chi connectivity index (χ0n) is 17.7. The highest BCUT2D eigenvalue weighted by Crippen LogP contribution is 2.34. The third-order valence-corrected chi connectivity index (χ3v) is 8.41. The summed E-state index contributed by atoms with van der Waals surface area (Å²) in [7, 11) is -5.13. The molecule has 0 saturated carbocycles. The second-order valence-electron chi connectivity index (χ2n) is 7.16. The molecule has 1 fully saturated rings. The van der Waals surface area contributed by atoms with Gasteiger partial charge in [0.2, 0.25) is 10.0 Å². The number of rotatable bonds is 8. The van der Waals surface area contributed by atoms with E-state index in [1.165, 1.54) is 54.9 Å². The van der Waals surface area contributed by atoms with Gasteiger partial charge in [-0.05, 0) is 43.2 Å². The minimum absolute atomic E-state index is 0.0160. The van der Waals surface area contributed by atoms with E-state index in [1.54, 1.807) is 0 Å². The van der Waals surface area contributed by atoms with Crippen molar-refractivity contribution in [3.8, 4) is 11.5 Å². The zero-order chi connectivity index (χ0) is 23.5. The van der Waals surface area contributed by atoms with Gasteiger partial charge in [-0.1, -0.05) is 6.42 Å². The molecule has 1 saturated heterocycles. The van der Waals surface area contributed by atoms with Gasteiger partial charge >= 0.3 is 0 Å². The smallest absolute Gasteiger partial charge is 0.261 e. The molecule has 32 heavy (non-hydrogen) atoms. The summed E-state index contributed by atoms with van der Waals surface area (Å²) < 4.78 is 65.3. The second kappa shape index (κ2) is 9.35. The van der Waals surface area contributed by atoms with E-state index < -0.39 is 26.0 Å². The van der Waals surface area contributed by atoms with Crippen LogP contribution in [0.2, 0.25) is 0 Å². The van der Waals surface area contributed by atoms with Crippen LogP contribution in [0, 0.1) is 0 Å². The summed E-state index contributed by atoms with van der Waals surface area (Å²) >= 11 is 0.